The number of benzene rings is 1. The van der Waals surface area contributed by atoms with Gasteiger partial charge in [-0.25, -0.2) is 0 Å². The molecule has 0 radical (unpaired) electrons. The van der Waals surface area contributed by atoms with Crippen molar-refractivity contribution in [2.75, 3.05) is 19.8 Å². The van der Waals surface area contributed by atoms with Crippen LogP contribution in [-0.2, 0) is 11.3 Å². The van der Waals surface area contributed by atoms with E-state index in [-0.39, 0.29) is 0 Å². The number of nitrogens with one attached hydrogen (secondary N) is 1. The van der Waals surface area contributed by atoms with Gasteiger partial charge in [-0.15, -0.1) is 0 Å². The summed E-state index contributed by atoms with van der Waals surface area (Å²) in [6.07, 6.45) is 2.21. The van der Waals surface area contributed by atoms with E-state index in [2.05, 4.69) is 26.1 Å². The van der Waals surface area contributed by atoms with Gasteiger partial charge >= 0.3 is 0 Å². The summed E-state index contributed by atoms with van der Waals surface area (Å²) in [6, 6.07) is 3.97. The van der Waals surface area contributed by atoms with Crippen LogP contribution in [0.1, 0.15) is 39.2 Å². The largest absolute Gasteiger partial charge is 0.489 e. The number of rotatable bonds is 10. The molecular weight excluding hydrogens is 309 g/mol. The topological polar surface area (TPSA) is 30.5 Å². The molecule has 0 saturated carbocycles. The third-order valence-corrected chi connectivity index (χ3v) is 3.40. The molecule has 120 valence electrons. The Morgan fingerprint density at radius 3 is 2.57 bits per heavy atom. The number of unbranched alkanes of at least 4 members (excludes halogenated alkanes) is 1. The lowest BCUT2D eigenvalue weighted by Crippen LogP contribution is -2.22. The highest BCUT2D eigenvalue weighted by atomic mass is 35.5. The molecule has 0 atom stereocenters. The van der Waals surface area contributed by atoms with Gasteiger partial charge < -0.3 is 14.8 Å². The minimum atomic E-state index is 0.382. The van der Waals surface area contributed by atoms with Gasteiger partial charge in [-0.1, -0.05) is 50.4 Å². The van der Waals surface area contributed by atoms with Gasteiger partial charge in [-0.3, -0.25) is 0 Å². The van der Waals surface area contributed by atoms with Crippen LogP contribution in [-0.4, -0.2) is 25.9 Å². The molecule has 21 heavy (non-hydrogen) atoms. The molecular formula is C16H25Cl2NO2. The molecule has 5 heteroatoms. The van der Waals surface area contributed by atoms with E-state index in [1.54, 1.807) is 6.07 Å². The van der Waals surface area contributed by atoms with Crippen LogP contribution >= 0.6 is 23.2 Å². The summed E-state index contributed by atoms with van der Waals surface area (Å²) in [5, 5.41) is 4.50. The van der Waals surface area contributed by atoms with Crippen molar-refractivity contribution in [3.63, 3.8) is 0 Å². The van der Waals surface area contributed by atoms with Crippen LogP contribution in [0, 0.1) is 0 Å². The van der Waals surface area contributed by atoms with Crippen LogP contribution in [0.5, 0.6) is 5.75 Å². The maximum absolute atomic E-state index is 6.23. The molecule has 0 spiro atoms. The third-order valence-electron chi connectivity index (χ3n) is 2.90. The minimum absolute atomic E-state index is 0.382. The Hall–Kier alpha value is -0.480. The molecule has 0 aromatic heterocycles. The van der Waals surface area contributed by atoms with E-state index in [0.29, 0.717) is 41.6 Å². The molecule has 1 rings (SSSR count). The van der Waals surface area contributed by atoms with Crippen molar-refractivity contribution in [3.8, 4) is 5.75 Å². The Labute approximate surface area is 137 Å². The van der Waals surface area contributed by atoms with Crippen LogP contribution in [0.15, 0.2) is 12.1 Å². The van der Waals surface area contributed by atoms with Gasteiger partial charge in [0.1, 0.15) is 12.4 Å². The van der Waals surface area contributed by atoms with Gasteiger partial charge in [-0.2, -0.15) is 0 Å². The Kier molecular flexibility index (Phi) is 9.09. The number of hydrogen-bond acceptors (Lipinski definition) is 3. The molecule has 0 bridgehead atoms. The summed E-state index contributed by atoms with van der Waals surface area (Å²) in [4.78, 5) is 0. The molecule has 1 aromatic carbocycles. The lowest BCUT2D eigenvalue weighted by Gasteiger charge is -2.16. The molecule has 1 aromatic rings. The molecule has 0 fully saturated rings. The van der Waals surface area contributed by atoms with Gasteiger partial charge in [0.2, 0.25) is 0 Å². The average Bonchev–Trinajstić information content (AvgIpc) is 2.42. The molecule has 0 unspecified atom stereocenters. The van der Waals surface area contributed by atoms with E-state index < -0.39 is 0 Å². The van der Waals surface area contributed by atoms with E-state index in [1.807, 2.05) is 6.07 Å². The maximum atomic E-state index is 6.23. The highest BCUT2D eigenvalue weighted by Crippen LogP contribution is 2.32. The molecule has 0 amide bonds. The standard InChI is InChI=1S/C16H25Cl2NO2/c1-4-5-6-20-7-8-21-16-13(11-19-12(2)3)9-14(17)10-15(16)18/h9-10,12,19H,4-8,11H2,1-3H3. The Morgan fingerprint density at radius 1 is 1.14 bits per heavy atom. The van der Waals surface area contributed by atoms with Crippen molar-refractivity contribution in [2.45, 2.75) is 46.2 Å². The van der Waals surface area contributed by atoms with E-state index in [4.69, 9.17) is 32.7 Å². The number of ether oxygens (including phenoxy) is 2. The fourth-order valence-corrected chi connectivity index (χ4v) is 2.36. The van der Waals surface area contributed by atoms with Crippen molar-refractivity contribution in [1.82, 2.24) is 5.32 Å². The van der Waals surface area contributed by atoms with Crippen molar-refractivity contribution < 1.29 is 9.47 Å². The van der Waals surface area contributed by atoms with Gasteiger partial charge in [0.25, 0.3) is 0 Å². The Bertz CT molecular complexity index is 425. The summed E-state index contributed by atoms with van der Waals surface area (Å²) < 4.78 is 11.3. The van der Waals surface area contributed by atoms with Crippen LogP contribution in [0.3, 0.4) is 0 Å². The first-order chi connectivity index (χ1) is 10.0. The van der Waals surface area contributed by atoms with E-state index in [1.165, 1.54) is 0 Å². The zero-order chi connectivity index (χ0) is 15.7. The smallest absolute Gasteiger partial charge is 0.142 e. The SMILES string of the molecule is CCCCOCCOc1c(Cl)cc(Cl)cc1CNC(C)C. The molecule has 3 nitrogen and oxygen atoms in total. The molecule has 0 saturated heterocycles. The van der Waals surface area contributed by atoms with Crippen molar-refractivity contribution >= 4 is 23.2 Å². The van der Waals surface area contributed by atoms with E-state index >= 15 is 0 Å². The van der Waals surface area contributed by atoms with Crippen molar-refractivity contribution in [2.24, 2.45) is 0 Å². The summed E-state index contributed by atoms with van der Waals surface area (Å²) in [5.41, 5.74) is 0.967. The fraction of sp³-hybridized carbons (Fsp3) is 0.625. The normalized spacial score (nSPS) is 11.1. The zero-order valence-electron chi connectivity index (χ0n) is 13.0. The van der Waals surface area contributed by atoms with E-state index in [9.17, 15) is 0 Å². The summed E-state index contributed by atoms with van der Waals surface area (Å²) >= 11 is 12.3. The predicted octanol–water partition coefficient (Wildman–Crippen LogP) is 4.69. The highest BCUT2D eigenvalue weighted by Gasteiger charge is 2.11. The van der Waals surface area contributed by atoms with Crippen molar-refractivity contribution in [3.05, 3.63) is 27.7 Å². The third kappa shape index (κ3) is 7.37. The Balaban J connectivity index is 2.57. The number of hydrogen-bond donors (Lipinski definition) is 1. The van der Waals surface area contributed by atoms with Gasteiger partial charge in [-0.05, 0) is 18.6 Å². The second kappa shape index (κ2) is 10.3. The zero-order valence-corrected chi connectivity index (χ0v) is 14.6. The first-order valence-corrected chi connectivity index (χ1v) is 8.22. The van der Waals surface area contributed by atoms with Crippen LogP contribution in [0.2, 0.25) is 10.0 Å². The highest BCUT2D eigenvalue weighted by molar-refractivity contribution is 6.35. The second-order valence-electron chi connectivity index (χ2n) is 5.23. The maximum Gasteiger partial charge on any atom is 0.142 e. The lowest BCUT2D eigenvalue weighted by atomic mass is 10.2. The molecule has 0 heterocycles. The monoisotopic (exact) mass is 333 g/mol. The number of halogens is 2. The Morgan fingerprint density at radius 2 is 1.90 bits per heavy atom. The predicted molar refractivity (Wildman–Crippen MR) is 89.7 cm³/mol. The first-order valence-electron chi connectivity index (χ1n) is 7.46. The molecule has 0 aliphatic heterocycles. The lowest BCUT2D eigenvalue weighted by molar-refractivity contribution is 0.0977. The van der Waals surface area contributed by atoms with Crippen molar-refractivity contribution in [1.29, 1.82) is 0 Å². The molecule has 0 aliphatic carbocycles. The van der Waals surface area contributed by atoms with Gasteiger partial charge in [0.15, 0.2) is 0 Å². The van der Waals surface area contributed by atoms with Gasteiger partial charge in [0.05, 0.1) is 11.6 Å². The summed E-state index contributed by atoms with van der Waals surface area (Å²) in [7, 11) is 0. The first kappa shape index (κ1) is 18.6. The fourth-order valence-electron chi connectivity index (χ4n) is 1.77. The van der Waals surface area contributed by atoms with E-state index in [0.717, 1.165) is 25.0 Å². The summed E-state index contributed by atoms with van der Waals surface area (Å²) in [6.45, 7) is 8.82. The molecule has 0 aliphatic rings. The quantitative estimate of drug-likeness (QED) is 0.630. The molecule has 1 N–H and O–H groups in total. The second-order valence-corrected chi connectivity index (χ2v) is 6.07. The van der Waals surface area contributed by atoms with Crippen LogP contribution < -0.4 is 10.1 Å². The average molecular weight is 334 g/mol. The van der Waals surface area contributed by atoms with Crippen LogP contribution in [0.25, 0.3) is 0 Å². The van der Waals surface area contributed by atoms with Crippen LogP contribution in [0.4, 0.5) is 0 Å². The summed E-state index contributed by atoms with van der Waals surface area (Å²) in [5.74, 6) is 0.688. The minimum Gasteiger partial charge on any atom is -0.489 e. The van der Waals surface area contributed by atoms with Gasteiger partial charge in [0, 0.05) is 29.8 Å².